The summed E-state index contributed by atoms with van der Waals surface area (Å²) in [7, 11) is 0. The Labute approximate surface area is 132 Å². The number of rotatable bonds is 0. The van der Waals surface area contributed by atoms with Crippen molar-refractivity contribution in [3.8, 4) is 0 Å². The average Bonchev–Trinajstić information content (AvgIpc) is 2.24. The van der Waals surface area contributed by atoms with E-state index in [1.807, 2.05) is 0 Å². The van der Waals surface area contributed by atoms with Gasteiger partial charge >= 0.3 is 40.8 Å². The number of piperidine rings is 2. The van der Waals surface area contributed by atoms with Gasteiger partial charge in [-0.15, -0.1) is 26.2 Å². The van der Waals surface area contributed by atoms with E-state index < -0.39 is 0 Å². The van der Waals surface area contributed by atoms with Gasteiger partial charge in [0.2, 0.25) is 0 Å². The second-order valence-corrected chi connectivity index (χ2v) is 3.46. The Kier molecular flexibility index (Phi) is 19.1. The van der Waals surface area contributed by atoms with Crippen LogP contribution in [0.3, 0.4) is 0 Å². The molecule has 0 atom stereocenters. The maximum atomic E-state index is 4.18. The fourth-order valence-corrected chi connectivity index (χ4v) is 1.47. The molecule has 2 aliphatic heterocycles. The first-order chi connectivity index (χ1) is 6.00. The Bertz CT molecular complexity index is 61.1. The van der Waals surface area contributed by atoms with Crippen molar-refractivity contribution >= 4 is 0 Å². The normalized spacial score (nSPS) is 20.6. The third-order valence-electron chi connectivity index (χ3n) is 2.26. The SMILES string of the molecule is C1CC[N-]CC1.C1CC[N-]CC1.[Br-].[Nd+3]. The van der Waals surface area contributed by atoms with Crippen molar-refractivity contribution in [1.82, 2.24) is 0 Å². The first-order valence-corrected chi connectivity index (χ1v) is 5.26. The molecule has 0 unspecified atom stereocenters. The Hall–Kier alpha value is 1.75. The van der Waals surface area contributed by atoms with E-state index >= 15 is 0 Å². The van der Waals surface area contributed by atoms with Gasteiger partial charge in [-0.05, 0) is 0 Å². The molecule has 2 rings (SSSR count). The summed E-state index contributed by atoms with van der Waals surface area (Å²) in [5.74, 6) is 0. The van der Waals surface area contributed by atoms with Crippen molar-refractivity contribution in [1.29, 1.82) is 0 Å². The molecule has 0 aromatic carbocycles. The van der Waals surface area contributed by atoms with E-state index in [-0.39, 0.29) is 57.8 Å². The van der Waals surface area contributed by atoms with Gasteiger partial charge in [-0.3, -0.25) is 0 Å². The quantitative estimate of drug-likeness (QED) is 0.559. The van der Waals surface area contributed by atoms with Gasteiger partial charge in [-0.1, -0.05) is 38.5 Å². The fraction of sp³-hybridized carbons (Fsp3) is 1.00. The molecule has 2 aliphatic rings. The topological polar surface area (TPSA) is 28.2 Å². The van der Waals surface area contributed by atoms with E-state index in [2.05, 4.69) is 10.6 Å². The van der Waals surface area contributed by atoms with Gasteiger partial charge in [0.25, 0.3) is 0 Å². The minimum Gasteiger partial charge on any atom is -1.00 e. The summed E-state index contributed by atoms with van der Waals surface area (Å²) in [6.07, 6.45) is 8.15. The van der Waals surface area contributed by atoms with E-state index in [1.54, 1.807) is 0 Å². The minimum absolute atomic E-state index is 0. The van der Waals surface area contributed by atoms with Crippen LogP contribution in [0, 0.1) is 40.8 Å². The van der Waals surface area contributed by atoms with Crippen LogP contribution >= 0.6 is 0 Å². The van der Waals surface area contributed by atoms with Gasteiger partial charge in [-0.2, -0.15) is 0 Å². The molecular formula is C10H20BrN2Nd. The Morgan fingerprint density at radius 1 is 0.500 bits per heavy atom. The Balaban J connectivity index is 0. The molecule has 0 amide bonds. The first kappa shape index (κ1) is 18.1. The largest absolute Gasteiger partial charge is 3.00 e. The van der Waals surface area contributed by atoms with Crippen molar-refractivity contribution < 1.29 is 57.8 Å². The molecule has 0 N–H and O–H groups in total. The molecule has 2 fully saturated rings. The molecule has 0 saturated carbocycles. The number of halogens is 1. The number of nitrogens with zero attached hydrogens (tertiary/aromatic N) is 2. The molecule has 0 bridgehead atoms. The molecule has 4 heteroatoms. The van der Waals surface area contributed by atoms with E-state index in [9.17, 15) is 0 Å². The Morgan fingerprint density at radius 3 is 0.857 bits per heavy atom. The van der Waals surface area contributed by atoms with E-state index in [0.717, 1.165) is 26.2 Å². The zero-order valence-corrected chi connectivity index (χ0v) is 13.6. The second-order valence-electron chi connectivity index (χ2n) is 3.46. The third-order valence-corrected chi connectivity index (χ3v) is 2.26. The molecule has 0 spiro atoms. The molecule has 2 heterocycles. The van der Waals surface area contributed by atoms with Crippen LogP contribution in [0.15, 0.2) is 0 Å². The van der Waals surface area contributed by atoms with Crippen molar-refractivity contribution in [2.45, 2.75) is 38.5 Å². The van der Waals surface area contributed by atoms with E-state index in [1.165, 1.54) is 38.5 Å². The van der Waals surface area contributed by atoms with Gasteiger partial charge in [0.05, 0.1) is 0 Å². The van der Waals surface area contributed by atoms with Crippen LogP contribution in [-0.2, 0) is 0 Å². The summed E-state index contributed by atoms with van der Waals surface area (Å²) in [4.78, 5) is 0. The fourth-order valence-electron chi connectivity index (χ4n) is 1.47. The third kappa shape index (κ3) is 11.8. The molecule has 2 nitrogen and oxygen atoms in total. The smallest absolute Gasteiger partial charge is 1.00 e. The maximum absolute atomic E-state index is 4.18. The van der Waals surface area contributed by atoms with Gasteiger partial charge in [0.15, 0.2) is 0 Å². The van der Waals surface area contributed by atoms with Crippen LogP contribution < -0.4 is 17.0 Å². The molecule has 0 aromatic heterocycles. The van der Waals surface area contributed by atoms with Crippen LogP contribution in [0.4, 0.5) is 0 Å². The van der Waals surface area contributed by atoms with Gasteiger partial charge in [0.1, 0.15) is 0 Å². The predicted molar refractivity (Wildman–Crippen MR) is 53.9 cm³/mol. The molecule has 2 saturated heterocycles. The van der Waals surface area contributed by atoms with Crippen molar-refractivity contribution in [3.63, 3.8) is 0 Å². The summed E-state index contributed by atoms with van der Waals surface area (Å²) in [6.45, 7) is 4.50. The molecular weight excluding hydrogens is 372 g/mol. The van der Waals surface area contributed by atoms with Crippen LogP contribution in [0.2, 0.25) is 0 Å². The molecule has 81 valence electrons. The van der Waals surface area contributed by atoms with Crippen molar-refractivity contribution in [2.75, 3.05) is 26.2 Å². The van der Waals surface area contributed by atoms with E-state index in [4.69, 9.17) is 0 Å². The molecule has 14 heavy (non-hydrogen) atoms. The first-order valence-electron chi connectivity index (χ1n) is 5.26. The summed E-state index contributed by atoms with van der Waals surface area (Å²) in [5, 5.41) is 8.35. The average molecular weight is 392 g/mol. The summed E-state index contributed by atoms with van der Waals surface area (Å²) in [6, 6.07) is 0. The van der Waals surface area contributed by atoms with Crippen LogP contribution in [-0.4, -0.2) is 26.2 Å². The van der Waals surface area contributed by atoms with Gasteiger partial charge in [0, 0.05) is 0 Å². The molecule has 0 aromatic rings. The zero-order valence-electron chi connectivity index (χ0n) is 8.84. The number of hydrogen-bond acceptors (Lipinski definition) is 0. The molecule has 1 radical (unpaired) electrons. The number of hydrogen-bond donors (Lipinski definition) is 0. The van der Waals surface area contributed by atoms with Crippen LogP contribution in [0.25, 0.3) is 10.6 Å². The standard InChI is InChI=1S/2C5H10N.BrH.Nd/c2*1-2-4-6-5-3-1;;/h2*1-5H2;1H;/q2*-1;;+3/p-1. The predicted octanol–water partition coefficient (Wildman–Crippen LogP) is 0.0920. The van der Waals surface area contributed by atoms with Crippen LogP contribution in [0.5, 0.6) is 0 Å². The van der Waals surface area contributed by atoms with Crippen molar-refractivity contribution in [2.24, 2.45) is 0 Å². The Morgan fingerprint density at radius 2 is 0.786 bits per heavy atom. The minimum atomic E-state index is 0. The zero-order chi connectivity index (χ0) is 8.49. The summed E-state index contributed by atoms with van der Waals surface area (Å²) in [5.41, 5.74) is 0. The van der Waals surface area contributed by atoms with Crippen molar-refractivity contribution in [3.05, 3.63) is 10.6 Å². The maximum Gasteiger partial charge on any atom is 3.00 e. The second kappa shape index (κ2) is 14.8. The van der Waals surface area contributed by atoms with Crippen LogP contribution in [0.1, 0.15) is 38.5 Å². The van der Waals surface area contributed by atoms with Gasteiger partial charge < -0.3 is 27.6 Å². The summed E-state index contributed by atoms with van der Waals surface area (Å²) < 4.78 is 0. The van der Waals surface area contributed by atoms with Gasteiger partial charge in [-0.25, -0.2) is 0 Å². The van der Waals surface area contributed by atoms with E-state index in [0.29, 0.717) is 0 Å². The monoisotopic (exact) mass is 389 g/mol. The molecule has 0 aliphatic carbocycles. The summed E-state index contributed by atoms with van der Waals surface area (Å²) >= 11 is 0.